The Morgan fingerprint density at radius 1 is 1.11 bits per heavy atom. The van der Waals surface area contributed by atoms with Crippen molar-refractivity contribution >= 4 is 28.1 Å². The molecule has 0 spiro atoms. The number of benzene rings is 1. The third-order valence-corrected chi connectivity index (χ3v) is 4.14. The number of aromatic nitrogens is 3. The van der Waals surface area contributed by atoms with Gasteiger partial charge in [0.2, 0.25) is 0 Å². The van der Waals surface area contributed by atoms with Crippen molar-refractivity contribution in [1.82, 2.24) is 15.0 Å². The Kier molecular flexibility index (Phi) is 3.13. The Balaban J connectivity index is 1.87. The quantitative estimate of drug-likeness (QED) is 0.790. The van der Waals surface area contributed by atoms with Crippen molar-refractivity contribution in [3.05, 3.63) is 46.7 Å². The van der Waals surface area contributed by atoms with Gasteiger partial charge in [-0.15, -0.1) is 11.3 Å². The Bertz CT molecular complexity index is 707. The smallest absolute Gasteiger partial charge is 0.0907 e. The van der Waals surface area contributed by atoms with E-state index < -0.39 is 0 Å². The molecule has 0 radical (unpaired) electrons. The topological polar surface area (TPSA) is 50.7 Å². The molecule has 0 fully saturated rings. The fraction of sp³-hybridized carbons (Fsp3) is 0.214. The van der Waals surface area contributed by atoms with Crippen LogP contribution in [-0.2, 0) is 0 Å². The van der Waals surface area contributed by atoms with Crippen LogP contribution in [0.1, 0.15) is 23.5 Å². The number of hydrogen-bond donors (Lipinski definition) is 1. The zero-order chi connectivity index (χ0) is 13.2. The van der Waals surface area contributed by atoms with E-state index in [4.69, 9.17) is 0 Å². The molecule has 4 nitrogen and oxygen atoms in total. The van der Waals surface area contributed by atoms with Gasteiger partial charge in [0.25, 0.3) is 0 Å². The maximum absolute atomic E-state index is 4.32. The van der Waals surface area contributed by atoms with Crippen LogP contribution in [0.15, 0.2) is 36.1 Å². The lowest BCUT2D eigenvalue weighted by Crippen LogP contribution is -2.06. The first-order valence-corrected chi connectivity index (χ1v) is 6.99. The third-order valence-electron chi connectivity index (χ3n) is 3.03. The zero-order valence-corrected chi connectivity index (χ0v) is 11.6. The van der Waals surface area contributed by atoms with Gasteiger partial charge in [0.15, 0.2) is 0 Å². The molecule has 3 aromatic rings. The van der Waals surface area contributed by atoms with Crippen LogP contribution in [0.2, 0.25) is 0 Å². The molecule has 0 saturated heterocycles. The SMILES string of the molecule is Cc1ncsc1C(C)Nc1ccc2nccnc2c1. The summed E-state index contributed by atoms with van der Waals surface area (Å²) >= 11 is 1.68. The molecule has 0 saturated carbocycles. The van der Waals surface area contributed by atoms with Crippen molar-refractivity contribution in [3.8, 4) is 0 Å². The van der Waals surface area contributed by atoms with E-state index in [0.717, 1.165) is 22.4 Å². The highest BCUT2D eigenvalue weighted by atomic mass is 32.1. The molecule has 1 N–H and O–H groups in total. The highest BCUT2D eigenvalue weighted by Crippen LogP contribution is 2.26. The maximum Gasteiger partial charge on any atom is 0.0907 e. The molecule has 3 rings (SSSR count). The Labute approximate surface area is 115 Å². The molecule has 2 aromatic heterocycles. The number of hydrogen-bond acceptors (Lipinski definition) is 5. The predicted octanol–water partition coefficient (Wildman–Crippen LogP) is 3.57. The van der Waals surface area contributed by atoms with Crippen LogP contribution in [0.5, 0.6) is 0 Å². The zero-order valence-electron chi connectivity index (χ0n) is 10.8. The summed E-state index contributed by atoms with van der Waals surface area (Å²) in [5.74, 6) is 0. The number of thiazole rings is 1. The van der Waals surface area contributed by atoms with E-state index >= 15 is 0 Å². The van der Waals surface area contributed by atoms with Gasteiger partial charge in [-0.1, -0.05) is 0 Å². The number of fused-ring (bicyclic) bond motifs is 1. The minimum absolute atomic E-state index is 0.238. The molecule has 2 heterocycles. The average molecular weight is 270 g/mol. The van der Waals surface area contributed by atoms with Crippen molar-refractivity contribution in [2.45, 2.75) is 19.9 Å². The van der Waals surface area contributed by atoms with Crippen molar-refractivity contribution < 1.29 is 0 Å². The van der Waals surface area contributed by atoms with E-state index in [0.29, 0.717) is 0 Å². The van der Waals surface area contributed by atoms with Crippen LogP contribution in [-0.4, -0.2) is 15.0 Å². The fourth-order valence-corrected chi connectivity index (χ4v) is 2.91. The molecule has 0 aliphatic carbocycles. The molecule has 1 atom stereocenters. The standard InChI is InChI=1S/C14H14N4S/c1-9-14(19-8-17-9)10(2)18-11-3-4-12-13(7-11)16-6-5-15-12/h3-8,10,18H,1-2H3. The summed E-state index contributed by atoms with van der Waals surface area (Å²) < 4.78 is 0. The maximum atomic E-state index is 4.32. The summed E-state index contributed by atoms with van der Waals surface area (Å²) in [5, 5.41) is 3.48. The van der Waals surface area contributed by atoms with Crippen LogP contribution in [0.25, 0.3) is 11.0 Å². The Morgan fingerprint density at radius 3 is 2.63 bits per heavy atom. The van der Waals surface area contributed by atoms with Crippen molar-refractivity contribution in [1.29, 1.82) is 0 Å². The summed E-state index contributed by atoms with van der Waals surface area (Å²) in [6.45, 7) is 4.18. The normalized spacial score (nSPS) is 12.5. The van der Waals surface area contributed by atoms with E-state index in [9.17, 15) is 0 Å². The fourth-order valence-electron chi connectivity index (χ4n) is 2.10. The highest BCUT2D eigenvalue weighted by molar-refractivity contribution is 7.09. The molecular formula is C14H14N4S. The molecule has 0 aliphatic heterocycles. The molecule has 0 bridgehead atoms. The molecule has 1 unspecified atom stereocenters. The van der Waals surface area contributed by atoms with Gasteiger partial charge >= 0.3 is 0 Å². The van der Waals surface area contributed by atoms with Crippen molar-refractivity contribution in [3.63, 3.8) is 0 Å². The minimum Gasteiger partial charge on any atom is -0.378 e. The lowest BCUT2D eigenvalue weighted by molar-refractivity contribution is 0.891. The second kappa shape index (κ2) is 4.93. The summed E-state index contributed by atoms with van der Waals surface area (Å²) in [4.78, 5) is 14.1. The van der Waals surface area contributed by atoms with E-state index in [-0.39, 0.29) is 6.04 Å². The molecule has 19 heavy (non-hydrogen) atoms. The van der Waals surface area contributed by atoms with Gasteiger partial charge in [-0.25, -0.2) is 4.98 Å². The lowest BCUT2D eigenvalue weighted by Gasteiger charge is -2.14. The predicted molar refractivity (Wildman–Crippen MR) is 78.4 cm³/mol. The van der Waals surface area contributed by atoms with Gasteiger partial charge in [-0.2, -0.15) is 0 Å². The summed E-state index contributed by atoms with van der Waals surface area (Å²) in [5.41, 5.74) is 5.84. The number of anilines is 1. The summed E-state index contributed by atoms with van der Waals surface area (Å²) in [7, 11) is 0. The average Bonchev–Trinajstić information content (AvgIpc) is 2.85. The Hall–Kier alpha value is -2.01. The molecule has 96 valence electrons. The molecule has 1 aromatic carbocycles. The second-order valence-corrected chi connectivity index (χ2v) is 5.31. The van der Waals surface area contributed by atoms with E-state index in [2.05, 4.69) is 27.2 Å². The summed E-state index contributed by atoms with van der Waals surface area (Å²) in [6, 6.07) is 6.28. The molecule has 5 heteroatoms. The van der Waals surface area contributed by atoms with E-state index in [1.54, 1.807) is 23.7 Å². The van der Waals surface area contributed by atoms with E-state index in [1.807, 2.05) is 30.6 Å². The number of nitrogens with one attached hydrogen (secondary N) is 1. The second-order valence-electron chi connectivity index (χ2n) is 4.43. The molecular weight excluding hydrogens is 256 g/mol. The summed E-state index contributed by atoms with van der Waals surface area (Å²) in [6.07, 6.45) is 3.42. The van der Waals surface area contributed by atoms with Crippen molar-refractivity contribution in [2.75, 3.05) is 5.32 Å². The number of nitrogens with zero attached hydrogens (tertiary/aromatic N) is 3. The monoisotopic (exact) mass is 270 g/mol. The molecule has 0 amide bonds. The van der Waals surface area contributed by atoms with Gasteiger partial charge in [0, 0.05) is 23.0 Å². The minimum atomic E-state index is 0.238. The van der Waals surface area contributed by atoms with Crippen LogP contribution in [0.3, 0.4) is 0 Å². The van der Waals surface area contributed by atoms with Crippen molar-refractivity contribution in [2.24, 2.45) is 0 Å². The third kappa shape index (κ3) is 2.42. The first kappa shape index (κ1) is 12.0. The van der Waals surface area contributed by atoms with Gasteiger partial charge in [0.1, 0.15) is 0 Å². The number of aryl methyl sites for hydroxylation is 1. The van der Waals surface area contributed by atoms with Crippen LogP contribution >= 0.6 is 11.3 Å². The van der Waals surface area contributed by atoms with Gasteiger partial charge in [0.05, 0.1) is 28.3 Å². The van der Waals surface area contributed by atoms with Crippen LogP contribution < -0.4 is 5.32 Å². The first-order valence-electron chi connectivity index (χ1n) is 6.11. The van der Waals surface area contributed by atoms with Crippen LogP contribution in [0, 0.1) is 6.92 Å². The lowest BCUT2D eigenvalue weighted by atomic mass is 10.2. The van der Waals surface area contributed by atoms with Crippen LogP contribution in [0.4, 0.5) is 5.69 Å². The molecule has 0 aliphatic rings. The highest BCUT2D eigenvalue weighted by Gasteiger charge is 2.11. The van der Waals surface area contributed by atoms with Gasteiger partial charge in [-0.05, 0) is 32.0 Å². The largest absolute Gasteiger partial charge is 0.378 e. The van der Waals surface area contributed by atoms with E-state index in [1.165, 1.54) is 4.88 Å². The van der Waals surface area contributed by atoms with Gasteiger partial charge < -0.3 is 5.32 Å². The van der Waals surface area contributed by atoms with Gasteiger partial charge in [-0.3, -0.25) is 9.97 Å². The Morgan fingerprint density at radius 2 is 1.89 bits per heavy atom. The first-order chi connectivity index (χ1) is 9.24. The number of rotatable bonds is 3.